The van der Waals surface area contributed by atoms with E-state index in [1.807, 2.05) is 12.1 Å². The SMILES string of the molecule is CNC(=O)C1CCN(c2ncnc3ccc(Br)cc23)CC1. The van der Waals surface area contributed by atoms with Crippen molar-refractivity contribution in [1.82, 2.24) is 15.3 Å². The average Bonchev–Trinajstić information content (AvgIpc) is 2.53. The molecule has 6 heteroatoms. The van der Waals surface area contributed by atoms with Crippen LogP contribution in [0.1, 0.15) is 12.8 Å². The van der Waals surface area contributed by atoms with Gasteiger partial charge in [0.25, 0.3) is 0 Å². The smallest absolute Gasteiger partial charge is 0.222 e. The van der Waals surface area contributed by atoms with Gasteiger partial charge in [-0.05, 0) is 31.0 Å². The van der Waals surface area contributed by atoms with Crippen LogP contribution in [-0.4, -0.2) is 36.0 Å². The first-order valence-electron chi connectivity index (χ1n) is 7.06. The number of hydrogen-bond acceptors (Lipinski definition) is 4. The molecule has 1 N–H and O–H groups in total. The Balaban J connectivity index is 1.85. The number of carbonyl (C=O) groups excluding carboxylic acids is 1. The van der Waals surface area contributed by atoms with Crippen molar-refractivity contribution in [3.8, 4) is 0 Å². The Morgan fingerprint density at radius 2 is 2.10 bits per heavy atom. The molecule has 5 nitrogen and oxygen atoms in total. The van der Waals surface area contributed by atoms with E-state index >= 15 is 0 Å². The molecule has 3 rings (SSSR count). The van der Waals surface area contributed by atoms with E-state index in [1.165, 1.54) is 0 Å². The molecule has 0 bridgehead atoms. The maximum absolute atomic E-state index is 11.7. The van der Waals surface area contributed by atoms with E-state index in [4.69, 9.17) is 0 Å². The summed E-state index contributed by atoms with van der Waals surface area (Å²) in [6.07, 6.45) is 3.33. The lowest BCUT2D eigenvalue weighted by Gasteiger charge is -2.32. The van der Waals surface area contributed by atoms with Gasteiger partial charge in [-0.25, -0.2) is 9.97 Å². The van der Waals surface area contributed by atoms with Crippen LogP contribution in [0, 0.1) is 5.92 Å². The van der Waals surface area contributed by atoms with Crippen molar-refractivity contribution in [3.63, 3.8) is 0 Å². The molecule has 0 aliphatic carbocycles. The number of aromatic nitrogens is 2. The van der Waals surface area contributed by atoms with Crippen LogP contribution in [-0.2, 0) is 4.79 Å². The zero-order valence-corrected chi connectivity index (χ0v) is 13.4. The summed E-state index contributed by atoms with van der Waals surface area (Å²) in [5.74, 6) is 1.22. The molecule has 0 atom stereocenters. The van der Waals surface area contributed by atoms with Crippen molar-refractivity contribution < 1.29 is 4.79 Å². The number of rotatable bonds is 2. The second kappa shape index (κ2) is 5.97. The molecular formula is C15H17BrN4O. The number of nitrogens with zero attached hydrogens (tertiary/aromatic N) is 3. The number of fused-ring (bicyclic) bond motifs is 1. The standard InChI is InChI=1S/C15H17BrN4O/c1-17-15(21)10-4-6-20(7-5-10)14-12-8-11(16)2-3-13(12)18-9-19-14/h2-3,8-10H,4-7H2,1H3,(H,17,21). The highest BCUT2D eigenvalue weighted by molar-refractivity contribution is 9.10. The molecule has 1 saturated heterocycles. The fraction of sp³-hybridized carbons (Fsp3) is 0.400. The molecule has 0 unspecified atom stereocenters. The number of piperidine rings is 1. The normalized spacial score (nSPS) is 16.2. The third-order valence-corrected chi connectivity index (χ3v) is 4.48. The molecule has 1 aromatic heterocycles. The Labute approximate surface area is 131 Å². The fourth-order valence-corrected chi connectivity index (χ4v) is 3.19. The van der Waals surface area contributed by atoms with E-state index in [0.29, 0.717) is 0 Å². The summed E-state index contributed by atoms with van der Waals surface area (Å²) in [4.78, 5) is 22.7. The predicted molar refractivity (Wildman–Crippen MR) is 86.2 cm³/mol. The highest BCUT2D eigenvalue weighted by Gasteiger charge is 2.25. The number of carbonyl (C=O) groups is 1. The quantitative estimate of drug-likeness (QED) is 0.904. The summed E-state index contributed by atoms with van der Waals surface area (Å²) in [5.41, 5.74) is 0.941. The third-order valence-electron chi connectivity index (χ3n) is 3.99. The number of nitrogens with one attached hydrogen (secondary N) is 1. The van der Waals surface area contributed by atoms with E-state index in [2.05, 4.69) is 42.2 Å². The molecule has 0 radical (unpaired) electrons. The second-order valence-corrected chi connectivity index (χ2v) is 6.15. The number of amides is 1. The molecule has 0 saturated carbocycles. The van der Waals surface area contributed by atoms with Gasteiger partial charge in [-0.2, -0.15) is 0 Å². The van der Waals surface area contributed by atoms with Crippen molar-refractivity contribution in [3.05, 3.63) is 29.0 Å². The van der Waals surface area contributed by atoms with Crippen molar-refractivity contribution >= 4 is 38.6 Å². The van der Waals surface area contributed by atoms with Crippen LogP contribution in [0.2, 0.25) is 0 Å². The molecule has 2 aromatic rings. The summed E-state index contributed by atoms with van der Waals surface area (Å²) < 4.78 is 1.02. The first kappa shape index (κ1) is 14.3. The van der Waals surface area contributed by atoms with Crippen molar-refractivity contribution in [2.75, 3.05) is 25.0 Å². The van der Waals surface area contributed by atoms with Crippen molar-refractivity contribution in [1.29, 1.82) is 0 Å². The monoisotopic (exact) mass is 348 g/mol. The highest BCUT2D eigenvalue weighted by atomic mass is 79.9. The number of halogens is 1. The lowest BCUT2D eigenvalue weighted by atomic mass is 9.96. The van der Waals surface area contributed by atoms with Gasteiger partial charge in [-0.3, -0.25) is 4.79 Å². The minimum absolute atomic E-state index is 0.117. The molecule has 1 aliphatic rings. The minimum atomic E-state index is 0.117. The van der Waals surface area contributed by atoms with Crippen LogP contribution in [0.4, 0.5) is 5.82 Å². The molecule has 1 aliphatic heterocycles. The molecule has 1 amide bonds. The van der Waals surface area contributed by atoms with Gasteiger partial charge in [-0.15, -0.1) is 0 Å². The average molecular weight is 349 g/mol. The lowest BCUT2D eigenvalue weighted by Crippen LogP contribution is -2.40. The fourth-order valence-electron chi connectivity index (χ4n) is 2.82. The minimum Gasteiger partial charge on any atom is -0.359 e. The number of benzene rings is 1. The maximum Gasteiger partial charge on any atom is 0.222 e. The summed E-state index contributed by atoms with van der Waals surface area (Å²) in [5, 5.41) is 3.78. The van der Waals surface area contributed by atoms with Crippen LogP contribution >= 0.6 is 15.9 Å². The van der Waals surface area contributed by atoms with Crippen molar-refractivity contribution in [2.24, 2.45) is 5.92 Å². The summed E-state index contributed by atoms with van der Waals surface area (Å²) in [6.45, 7) is 1.69. The molecule has 1 fully saturated rings. The summed E-state index contributed by atoms with van der Waals surface area (Å²) >= 11 is 3.50. The van der Waals surface area contributed by atoms with Crippen LogP contribution in [0.25, 0.3) is 10.9 Å². The Morgan fingerprint density at radius 1 is 1.33 bits per heavy atom. The van der Waals surface area contributed by atoms with Gasteiger partial charge in [0.1, 0.15) is 12.1 Å². The number of hydrogen-bond donors (Lipinski definition) is 1. The zero-order valence-electron chi connectivity index (χ0n) is 11.8. The Morgan fingerprint density at radius 3 is 2.81 bits per heavy atom. The molecule has 21 heavy (non-hydrogen) atoms. The van der Waals surface area contributed by atoms with Crippen LogP contribution in [0.15, 0.2) is 29.0 Å². The molecular weight excluding hydrogens is 332 g/mol. The van der Waals surface area contributed by atoms with Crippen molar-refractivity contribution in [2.45, 2.75) is 12.8 Å². The van der Waals surface area contributed by atoms with Gasteiger partial charge < -0.3 is 10.2 Å². The number of anilines is 1. The molecule has 110 valence electrons. The van der Waals surface area contributed by atoms with E-state index in [0.717, 1.165) is 47.1 Å². The Hall–Kier alpha value is -1.69. The largest absolute Gasteiger partial charge is 0.359 e. The van der Waals surface area contributed by atoms with Gasteiger partial charge in [0.2, 0.25) is 5.91 Å². The van der Waals surface area contributed by atoms with Crippen LogP contribution < -0.4 is 10.2 Å². The Bertz CT molecular complexity index is 668. The summed E-state index contributed by atoms with van der Waals surface area (Å²) in [7, 11) is 1.70. The third kappa shape index (κ3) is 2.85. The zero-order chi connectivity index (χ0) is 14.8. The maximum atomic E-state index is 11.7. The lowest BCUT2D eigenvalue weighted by molar-refractivity contribution is -0.125. The van der Waals surface area contributed by atoms with Gasteiger partial charge in [0.05, 0.1) is 5.52 Å². The molecule has 2 heterocycles. The molecule has 1 aromatic carbocycles. The van der Waals surface area contributed by atoms with Crippen LogP contribution in [0.5, 0.6) is 0 Å². The first-order valence-corrected chi connectivity index (χ1v) is 7.85. The highest BCUT2D eigenvalue weighted by Crippen LogP contribution is 2.29. The van der Waals surface area contributed by atoms with Gasteiger partial charge in [0.15, 0.2) is 0 Å². The predicted octanol–water partition coefficient (Wildman–Crippen LogP) is 2.35. The summed E-state index contributed by atoms with van der Waals surface area (Å²) in [6, 6.07) is 6.02. The van der Waals surface area contributed by atoms with E-state index < -0.39 is 0 Å². The van der Waals surface area contributed by atoms with Gasteiger partial charge >= 0.3 is 0 Å². The van der Waals surface area contributed by atoms with E-state index in [1.54, 1.807) is 13.4 Å². The van der Waals surface area contributed by atoms with Crippen LogP contribution in [0.3, 0.4) is 0 Å². The Kier molecular flexibility index (Phi) is 4.05. The second-order valence-electron chi connectivity index (χ2n) is 5.23. The van der Waals surface area contributed by atoms with Gasteiger partial charge in [-0.1, -0.05) is 15.9 Å². The van der Waals surface area contributed by atoms with E-state index in [9.17, 15) is 4.79 Å². The first-order chi connectivity index (χ1) is 10.2. The topological polar surface area (TPSA) is 58.1 Å². The van der Waals surface area contributed by atoms with Gasteiger partial charge in [0, 0.05) is 35.9 Å². The van der Waals surface area contributed by atoms with E-state index in [-0.39, 0.29) is 11.8 Å². The molecule has 0 spiro atoms.